The molecule has 0 radical (unpaired) electrons. The zero-order valence-corrected chi connectivity index (χ0v) is 10.2. The molecular formula is C10H15N3O2S. The first-order chi connectivity index (χ1) is 7.69. The molecule has 0 bridgehead atoms. The number of nitrogens with one attached hydrogen (secondary N) is 1. The van der Waals surface area contributed by atoms with E-state index in [1.807, 2.05) is 6.92 Å². The standard InChI is InChI=1S/C10H15N3O2S/c1-6-12-13-10(16-6)11-8-4-3-7(5-8)9(14)15-2/h7-8H,3-5H2,1-2H3,(H,11,13)/t7-,8+/m0/s1. The summed E-state index contributed by atoms with van der Waals surface area (Å²) in [6, 6.07) is 0.316. The summed E-state index contributed by atoms with van der Waals surface area (Å²) in [6.07, 6.45) is 2.70. The van der Waals surface area contributed by atoms with Crippen molar-refractivity contribution in [1.82, 2.24) is 10.2 Å². The van der Waals surface area contributed by atoms with Crippen LogP contribution in [0.1, 0.15) is 24.3 Å². The summed E-state index contributed by atoms with van der Waals surface area (Å²) in [5.41, 5.74) is 0. The minimum atomic E-state index is -0.0993. The van der Waals surface area contributed by atoms with Crippen molar-refractivity contribution < 1.29 is 9.53 Å². The number of aryl methyl sites for hydroxylation is 1. The third-order valence-corrected chi connectivity index (χ3v) is 3.59. The quantitative estimate of drug-likeness (QED) is 0.814. The van der Waals surface area contributed by atoms with E-state index in [2.05, 4.69) is 15.5 Å². The number of nitrogens with zero attached hydrogens (tertiary/aromatic N) is 2. The fourth-order valence-electron chi connectivity index (χ4n) is 2.02. The maximum Gasteiger partial charge on any atom is 0.308 e. The van der Waals surface area contributed by atoms with Gasteiger partial charge in [-0.3, -0.25) is 4.79 Å². The molecule has 5 nitrogen and oxygen atoms in total. The smallest absolute Gasteiger partial charge is 0.308 e. The van der Waals surface area contributed by atoms with Crippen molar-refractivity contribution in [3.63, 3.8) is 0 Å². The van der Waals surface area contributed by atoms with Crippen LogP contribution < -0.4 is 5.32 Å². The maximum atomic E-state index is 11.3. The molecule has 2 rings (SSSR count). The van der Waals surface area contributed by atoms with Gasteiger partial charge >= 0.3 is 5.97 Å². The van der Waals surface area contributed by atoms with E-state index in [-0.39, 0.29) is 11.9 Å². The van der Waals surface area contributed by atoms with E-state index in [4.69, 9.17) is 4.74 Å². The van der Waals surface area contributed by atoms with Crippen LogP contribution in [0.2, 0.25) is 0 Å². The lowest BCUT2D eigenvalue weighted by atomic mass is 10.1. The second-order valence-electron chi connectivity index (χ2n) is 4.00. The van der Waals surface area contributed by atoms with Crippen LogP contribution in [0.3, 0.4) is 0 Å². The molecule has 6 heteroatoms. The van der Waals surface area contributed by atoms with Gasteiger partial charge in [0, 0.05) is 6.04 Å². The summed E-state index contributed by atoms with van der Waals surface area (Å²) in [5, 5.41) is 13.1. The molecule has 1 aliphatic rings. The van der Waals surface area contributed by atoms with Crippen LogP contribution in [0.4, 0.5) is 5.13 Å². The molecule has 1 heterocycles. The zero-order chi connectivity index (χ0) is 11.5. The zero-order valence-electron chi connectivity index (χ0n) is 9.40. The molecule has 1 aromatic heterocycles. The van der Waals surface area contributed by atoms with Crippen LogP contribution in [0.25, 0.3) is 0 Å². The number of rotatable bonds is 3. The van der Waals surface area contributed by atoms with Crippen LogP contribution >= 0.6 is 11.3 Å². The van der Waals surface area contributed by atoms with Crippen molar-refractivity contribution in [2.45, 2.75) is 32.2 Å². The first kappa shape index (κ1) is 11.3. The van der Waals surface area contributed by atoms with Gasteiger partial charge in [-0.05, 0) is 26.2 Å². The predicted octanol–water partition coefficient (Wildman–Crippen LogP) is 1.60. The summed E-state index contributed by atoms with van der Waals surface area (Å²) >= 11 is 1.54. The van der Waals surface area contributed by atoms with Gasteiger partial charge in [-0.2, -0.15) is 0 Å². The van der Waals surface area contributed by atoms with Gasteiger partial charge in [0.1, 0.15) is 5.01 Å². The molecule has 0 aromatic carbocycles. The maximum absolute atomic E-state index is 11.3. The van der Waals surface area contributed by atoms with Gasteiger partial charge in [-0.15, -0.1) is 10.2 Å². The number of ether oxygens (including phenoxy) is 1. The molecule has 88 valence electrons. The van der Waals surface area contributed by atoms with Gasteiger partial charge in [0.25, 0.3) is 0 Å². The van der Waals surface area contributed by atoms with E-state index in [0.29, 0.717) is 6.04 Å². The van der Waals surface area contributed by atoms with Crippen molar-refractivity contribution in [2.75, 3.05) is 12.4 Å². The molecule has 0 spiro atoms. The van der Waals surface area contributed by atoms with E-state index in [9.17, 15) is 4.79 Å². The van der Waals surface area contributed by atoms with E-state index in [1.165, 1.54) is 7.11 Å². The average Bonchev–Trinajstić information content (AvgIpc) is 2.87. The third-order valence-electron chi connectivity index (χ3n) is 2.82. The van der Waals surface area contributed by atoms with E-state index < -0.39 is 0 Å². The molecule has 16 heavy (non-hydrogen) atoms. The summed E-state index contributed by atoms with van der Waals surface area (Å²) < 4.78 is 4.74. The van der Waals surface area contributed by atoms with Crippen molar-refractivity contribution in [3.8, 4) is 0 Å². The Hall–Kier alpha value is -1.17. The summed E-state index contributed by atoms with van der Waals surface area (Å²) in [4.78, 5) is 11.3. The first-order valence-electron chi connectivity index (χ1n) is 5.33. The van der Waals surface area contributed by atoms with Gasteiger partial charge in [0.15, 0.2) is 0 Å². The molecule has 0 unspecified atom stereocenters. The average molecular weight is 241 g/mol. The molecule has 1 aliphatic carbocycles. The number of aromatic nitrogens is 2. The van der Waals surface area contributed by atoms with Crippen LogP contribution in [0, 0.1) is 12.8 Å². The number of carbonyl (C=O) groups is 1. The van der Waals surface area contributed by atoms with Gasteiger partial charge in [-0.1, -0.05) is 11.3 Å². The number of esters is 1. The minimum absolute atomic E-state index is 0.0384. The lowest BCUT2D eigenvalue weighted by Crippen LogP contribution is -2.18. The second kappa shape index (κ2) is 4.78. The monoisotopic (exact) mass is 241 g/mol. The van der Waals surface area contributed by atoms with Crippen molar-refractivity contribution >= 4 is 22.4 Å². The van der Waals surface area contributed by atoms with Crippen molar-refractivity contribution in [1.29, 1.82) is 0 Å². The van der Waals surface area contributed by atoms with E-state index in [1.54, 1.807) is 11.3 Å². The van der Waals surface area contributed by atoms with Gasteiger partial charge in [-0.25, -0.2) is 0 Å². The Balaban J connectivity index is 1.87. The molecule has 1 fully saturated rings. The van der Waals surface area contributed by atoms with Gasteiger partial charge < -0.3 is 10.1 Å². The second-order valence-corrected chi connectivity index (χ2v) is 5.18. The van der Waals surface area contributed by atoms with Crippen LogP contribution in [0.15, 0.2) is 0 Å². The van der Waals surface area contributed by atoms with E-state index >= 15 is 0 Å². The van der Waals surface area contributed by atoms with Gasteiger partial charge in [0.2, 0.25) is 5.13 Å². The molecule has 1 N–H and O–H groups in total. The Kier molecular flexibility index (Phi) is 3.38. The number of anilines is 1. The molecule has 0 aliphatic heterocycles. The predicted molar refractivity (Wildman–Crippen MR) is 61.4 cm³/mol. The molecule has 2 atom stereocenters. The largest absolute Gasteiger partial charge is 0.469 e. The highest BCUT2D eigenvalue weighted by molar-refractivity contribution is 7.15. The van der Waals surface area contributed by atoms with Crippen LogP contribution in [0.5, 0.6) is 0 Å². The van der Waals surface area contributed by atoms with Gasteiger partial charge in [0.05, 0.1) is 13.0 Å². The van der Waals surface area contributed by atoms with E-state index in [0.717, 1.165) is 29.4 Å². The van der Waals surface area contributed by atoms with Crippen LogP contribution in [-0.4, -0.2) is 29.3 Å². The lowest BCUT2D eigenvalue weighted by molar-refractivity contribution is -0.145. The van der Waals surface area contributed by atoms with Crippen molar-refractivity contribution in [3.05, 3.63) is 5.01 Å². The third kappa shape index (κ3) is 2.49. The fraction of sp³-hybridized carbons (Fsp3) is 0.700. The summed E-state index contributed by atoms with van der Waals surface area (Å²) in [5.74, 6) is -0.0609. The SMILES string of the molecule is COC(=O)[C@H]1CC[C@@H](Nc2nnc(C)s2)C1. The molecular weight excluding hydrogens is 226 g/mol. The highest BCUT2D eigenvalue weighted by Gasteiger charge is 2.30. The topological polar surface area (TPSA) is 64.1 Å². The van der Waals surface area contributed by atoms with Crippen molar-refractivity contribution in [2.24, 2.45) is 5.92 Å². The highest BCUT2D eigenvalue weighted by atomic mass is 32.1. The summed E-state index contributed by atoms with van der Waals surface area (Å²) in [7, 11) is 1.44. The highest BCUT2D eigenvalue weighted by Crippen LogP contribution is 2.29. The fourth-order valence-corrected chi connectivity index (χ4v) is 2.69. The first-order valence-corrected chi connectivity index (χ1v) is 6.15. The Labute approximate surface area is 98.2 Å². The van der Waals surface area contributed by atoms with Crippen LogP contribution in [-0.2, 0) is 9.53 Å². The molecule has 0 amide bonds. The normalized spacial score (nSPS) is 24.4. The number of hydrogen-bond donors (Lipinski definition) is 1. The Bertz CT molecular complexity index is 380. The molecule has 1 saturated carbocycles. The Morgan fingerprint density at radius 3 is 2.94 bits per heavy atom. The molecule has 1 aromatic rings. The Morgan fingerprint density at radius 2 is 2.31 bits per heavy atom. The minimum Gasteiger partial charge on any atom is -0.469 e. The summed E-state index contributed by atoms with van der Waals surface area (Å²) in [6.45, 7) is 1.93. The molecule has 0 saturated heterocycles. The number of hydrogen-bond acceptors (Lipinski definition) is 6. The number of methoxy groups -OCH3 is 1. The lowest BCUT2D eigenvalue weighted by Gasteiger charge is -2.10. The Morgan fingerprint density at radius 1 is 1.50 bits per heavy atom. The number of carbonyl (C=O) groups excluding carboxylic acids is 1.